The Balaban J connectivity index is 0.000000116. The number of aliphatic hydroxyl groups excluding tert-OH is 2. The Morgan fingerprint density at radius 1 is 0.430 bits per heavy atom. The van der Waals surface area contributed by atoms with E-state index in [2.05, 4.69) is 29.9 Å². The van der Waals surface area contributed by atoms with Gasteiger partial charge in [-0.25, -0.2) is 43.1 Å². The largest absolute Gasteiger partial charge is 0.387 e. The first kappa shape index (κ1) is 62.7. The van der Waals surface area contributed by atoms with Crippen LogP contribution < -0.4 is 11.5 Å². The van der Waals surface area contributed by atoms with Crippen LogP contribution in [0.15, 0.2) is 110 Å². The van der Waals surface area contributed by atoms with Crippen LogP contribution in [0.2, 0.25) is 20.2 Å². The van der Waals surface area contributed by atoms with Crippen LogP contribution in [0.5, 0.6) is 0 Å². The first-order valence-corrected chi connectivity index (χ1v) is 31.4. The lowest BCUT2D eigenvalue weighted by atomic mass is 9.91. The molecule has 5 saturated heterocycles. The Morgan fingerprint density at radius 2 is 0.785 bits per heavy atom. The Hall–Kier alpha value is -6.41. The second-order valence-corrected chi connectivity index (χ2v) is 26.3. The van der Waals surface area contributed by atoms with Gasteiger partial charge in [-0.15, -0.1) is 0 Å². The van der Waals surface area contributed by atoms with Crippen molar-refractivity contribution in [1.29, 1.82) is 0 Å². The first-order chi connectivity index (χ1) is 44.6. The molecule has 6 N–H and O–H groups in total. The first-order valence-electron chi connectivity index (χ1n) is 29.9. The maximum atomic E-state index is 14.6. The number of hydrogen-bond donors (Lipinski definition) is 4. The summed E-state index contributed by atoms with van der Waals surface area (Å²) in [5.41, 5.74) is 17.0. The summed E-state index contributed by atoms with van der Waals surface area (Å²) in [6.45, 7) is 7.08. The quantitative estimate of drug-likeness (QED) is 0.113. The fraction of sp³-hybridized carbons (Fsp3) is 0.429. The van der Waals surface area contributed by atoms with Gasteiger partial charge in [-0.2, -0.15) is 0 Å². The van der Waals surface area contributed by atoms with Crippen LogP contribution in [-0.4, -0.2) is 140 Å². The molecule has 8 aliphatic rings. The smallest absolute Gasteiger partial charge is 0.164 e. The van der Waals surface area contributed by atoms with Crippen molar-refractivity contribution in [3.63, 3.8) is 0 Å². The summed E-state index contributed by atoms with van der Waals surface area (Å²) < 4.78 is 110. The zero-order valence-corrected chi connectivity index (χ0v) is 52.7. The van der Waals surface area contributed by atoms with Crippen molar-refractivity contribution in [3.05, 3.63) is 164 Å². The van der Waals surface area contributed by atoms with E-state index in [0.717, 1.165) is 5.39 Å². The topological polar surface area (TPSA) is 277 Å². The van der Waals surface area contributed by atoms with Gasteiger partial charge in [0.25, 0.3) is 0 Å². The van der Waals surface area contributed by atoms with Crippen LogP contribution in [0.3, 0.4) is 0 Å². The summed E-state index contributed by atoms with van der Waals surface area (Å²) in [6.07, 6.45) is -4.41. The highest BCUT2D eigenvalue weighted by Crippen LogP contribution is 2.53. The van der Waals surface area contributed by atoms with Gasteiger partial charge in [0.1, 0.15) is 144 Å². The molecule has 0 amide bonds. The van der Waals surface area contributed by atoms with Crippen LogP contribution in [0.25, 0.3) is 33.1 Å². The van der Waals surface area contributed by atoms with Crippen LogP contribution >= 0.6 is 46.4 Å². The number of aliphatic hydroxyl groups is 2. The molecule has 30 heteroatoms. The fourth-order valence-corrected chi connectivity index (χ4v) is 14.7. The highest BCUT2D eigenvalue weighted by molar-refractivity contribution is 6.34. The molecule has 0 radical (unpaired) electrons. The number of alkyl halides is 3. The number of fused-ring (bicyclic) bond motifs is 8. The number of halogens is 7. The Kier molecular flexibility index (Phi) is 16.2. The highest BCUT2D eigenvalue weighted by atomic mass is 35.5. The number of aromatic nitrogens is 9. The lowest BCUT2D eigenvalue weighted by Crippen LogP contribution is -2.38. The fourth-order valence-electron chi connectivity index (χ4n) is 14.0. The minimum atomic E-state index is -1.33. The maximum Gasteiger partial charge on any atom is 0.164 e. The predicted octanol–water partition coefficient (Wildman–Crippen LogP) is 10.9. The van der Waals surface area contributed by atoms with Crippen molar-refractivity contribution in [2.75, 3.05) is 31.3 Å². The minimum absolute atomic E-state index is 0.0830. The number of anilines is 2. The van der Waals surface area contributed by atoms with Gasteiger partial charge in [0.15, 0.2) is 30.3 Å². The second-order valence-electron chi connectivity index (χ2n) is 24.6. The Morgan fingerprint density at radius 3 is 1.22 bits per heavy atom. The van der Waals surface area contributed by atoms with Crippen LogP contribution in [-0.2, 0) is 47.4 Å². The van der Waals surface area contributed by atoms with E-state index in [4.69, 9.17) is 105 Å². The summed E-state index contributed by atoms with van der Waals surface area (Å²) in [5, 5.41) is 25.2. The monoisotopic (exact) mass is 1360 g/mol. The van der Waals surface area contributed by atoms with Crippen LogP contribution in [0, 0.1) is 0 Å². The van der Waals surface area contributed by atoms with E-state index in [1.165, 1.54) is 19.0 Å². The van der Waals surface area contributed by atoms with E-state index in [1.54, 1.807) is 71.4 Å². The number of nitrogens with two attached hydrogens (primary N) is 2. The molecule has 9 aromatic rings. The van der Waals surface area contributed by atoms with Gasteiger partial charge in [0.05, 0.1) is 36.0 Å². The van der Waals surface area contributed by atoms with E-state index >= 15 is 0 Å². The molecule has 0 spiro atoms. The molecule has 14 heterocycles. The SMILES string of the molecule is CC1(C)O[C@@H]2[C@H]([C@@H]3OC[C@@H](F)c4cc(Cl)ccc43)O[C@@H](n3ccc4c(Cl)ncnc43)[C@@H]2O1.CC1(C)O[C@@H]2[C@H]([C@@H]3OC[C@@H](F)c4cc(Cl)ccc43)O[C@@H](n3ccc4c(N)ncnc43)[C@@H]2O1.Nc1ncnc2c1ccn2[C@@H]1O[C@H]([C@@H]2OC[C@@H](F)c3cc(Cl)ccc32)[C@@H](O)[C@H]1O. The molecule has 17 rings (SSSR count). The third-order valence-electron chi connectivity index (χ3n) is 18.0. The van der Waals surface area contributed by atoms with E-state index in [9.17, 15) is 23.4 Å². The van der Waals surface area contributed by atoms with Crippen molar-refractivity contribution >= 4 is 91.1 Å². The zero-order valence-electron chi connectivity index (χ0n) is 49.7. The molecular formula is C63H60Cl4F3N11O12. The third kappa shape index (κ3) is 11.1. The number of rotatable bonds is 6. The summed E-state index contributed by atoms with van der Waals surface area (Å²) in [4.78, 5) is 25.0. The van der Waals surface area contributed by atoms with Crippen molar-refractivity contribution in [2.45, 2.75) is 150 Å². The van der Waals surface area contributed by atoms with Gasteiger partial charge in [-0.3, -0.25) is 0 Å². The molecule has 0 bridgehead atoms. The number of nitrogens with zero attached hydrogens (tertiary/aromatic N) is 9. The van der Waals surface area contributed by atoms with Crippen molar-refractivity contribution in [3.8, 4) is 0 Å². The molecule has 0 saturated carbocycles. The lowest BCUT2D eigenvalue weighted by molar-refractivity contribution is -0.214. The molecule has 8 aliphatic heterocycles. The molecule has 18 atom stereocenters. The molecular weight excluding hydrogens is 1300 g/mol. The molecule has 6 aromatic heterocycles. The number of nitrogen functional groups attached to an aromatic ring is 2. The van der Waals surface area contributed by atoms with Gasteiger partial charge < -0.3 is 82.8 Å². The third-order valence-corrected chi connectivity index (χ3v) is 19.0. The van der Waals surface area contributed by atoms with Gasteiger partial charge in [-0.05, 0) is 116 Å². The highest BCUT2D eigenvalue weighted by Gasteiger charge is 2.61. The molecule has 3 aromatic carbocycles. The van der Waals surface area contributed by atoms with Crippen molar-refractivity contribution in [2.24, 2.45) is 0 Å². The molecule has 23 nitrogen and oxygen atoms in total. The molecule has 488 valence electrons. The molecule has 5 fully saturated rings. The average molecular weight is 1360 g/mol. The molecule has 93 heavy (non-hydrogen) atoms. The average Bonchev–Trinajstić information content (AvgIpc) is 1.60. The van der Waals surface area contributed by atoms with Gasteiger partial charge >= 0.3 is 0 Å². The zero-order chi connectivity index (χ0) is 64.7. The van der Waals surface area contributed by atoms with E-state index in [1.807, 2.05) is 61.4 Å². The van der Waals surface area contributed by atoms with E-state index < -0.39 is 122 Å². The lowest BCUT2D eigenvalue weighted by Gasteiger charge is -2.34. The van der Waals surface area contributed by atoms with Crippen molar-refractivity contribution < 1.29 is 70.8 Å². The van der Waals surface area contributed by atoms with E-state index in [0.29, 0.717) is 93.0 Å². The van der Waals surface area contributed by atoms with Crippen molar-refractivity contribution in [1.82, 2.24) is 43.6 Å². The molecule has 0 unspecified atom stereocenters. The van der Waals surface area contributed by atoms with Gasteiger partial charge in [0.2, 0.25) is 0 Å². The Labute approximate surface area is 547 Å². The van der Waals surface area contributed by atoms with Crippen LogP contribution in [0.1, 0.15) is 117 Å². The standard InChI is InChI=1S/C22H20Cl2FN3O4.C22H22ClFN4O4.C19H18ClFN4O4/c1-22(2)31-17-16(15-11-4-3-10(23)7-13(11)14(25)8-29-15)30-21(18(17)32-22)28-6-5-12-19(24)26-9-27-20(12)28;1-22(2)31-17-16(15-11-4-3-10(23)7-13(11)14(24)8-29-15)30-21(18(17)32-22)28-6-5-12-19(25)26-9-27-20(12)28;20-8-1-2-9-11(5-8)12(21)6-28-15(9)16-13(26)14(27)19(29-16)25-4-3-10-17(22)23-7-24-18(10)25/h3-7,9,14-18,21H,8H2,1-2H3;3-7,9,14-18,21H,8H2,1-2H3,(H2,25,26,27);1-5,7,12-16,19,26-27H,6H2,(H2,22,23,24)/t2*14-,15-,16+,17-,18-,21-;12-,13+,14-,15-,16+,19-/m111/s1. The Bertz CT molecular complexity index is 4160. The predicted molar refractivity (Wildman–Crippen MR) is 330 cm³/mol. The summed E-state index contributed by atoms with van der Waals surface area (Å²) in [7, 11) is 0. The maximum absolute atomic E-state index is 14.6. The summed E-state index contributed by atoms with van der Waals surface area (Å²) in [6, 6.07) is 20.6. The summed E-state index contributed by atoms with van der Waals surface area (Å²) in [5.74, 6) is -0.939. The van der Waals surface area contributed by atoms with Gasteiger partial charge in [0, 0.05) is 33.7 Å². The van der Waals surface area contributed by atoms with E-state index in [-0.39, 0.29) is 19.8 Å². The number of hydrogen-bond acceptors (Lipinski definition) is 20. The minimum Gasteiger partial charge on any atom is -0.387 e. The normalized spacial score (nSPS) is 32.9. The van der Waals surface area contributed by atoms with Crippen LogP contribution in [0.4, 0.5) is 24.8 Å². The second kappa shape index (κ2) is 24.0. The number of benzene rings is 3. The number of ether oxygens (including phenoxy) is 10. The summed E-state index contributed by atoms with van der Waals surface area (Å²) >= 11 is 24.5. The molecule has 0 aliphatic carbocycles. The van der Waals surface area contributed by atoms with Gasteiger partial charge in [-0.1, -0.05) is 64.6 Å².